The first-order chi connectivity index (χ1) is 13.8. The quantitative estimate of drug-likeness (QED) is 0.702. The Morgan fingerprint density at radius 1 is 0.966 bits per heavy atom. The summed E-state index contributed by atoms with van der Waals surface area (Å²) in [5.41, 5.74) is 4.50. The van der Waals surface area contributed by atoms with Crippen LogP contribution in [-0.4, -0.2) is 29.9 Å². The second-order valence-electron chi connectivity index (χ2n) is 7.75. The molecule has 0 bridgehead atoms. The van der Waals surface area contributed by atoms with Crippen LogP contribution in [0.5, 0.6) is 5.75 Å². The third kappa shape index (κ3) is 4.34. The SMILES string of the molecule is CCOc1ccc(C2=C(Nc3ccc(C)c(C)c3)C(=O)N(CC(C)C)C2=O)cc1. The highest BCUT2D eigenvalue weighted by Gasteiger charge is 2.39. The van der Waals surface area contributed by atoms with Gasteiger partial charge in [0.15, 0.2) is 0 Å². The van der Waals surface area contributed by atoms with Gasteiger partial charge < -0.3 is 10.1 Å². The first kappa shape index (κ1) is 20.6. The van der Waals surface area contributed by atoms with Crippen molar-refractivity contribution >= 4 is 23.1 Å². The maximum Gasteiger partial charge on any atom is 0.278 e. The summed E-state index contributed by atoms with van der Waals surface area (Å²) in [6.07, 6.45) is 0. The zero-order valence-corrected chi connectivity index (χ0v) is 17.7. The van der Waals surface area contributed by atoms with E-state index in [1.807, 2.05) is 77.1 Å². The summed E-state index contributed by atoms with van der Waals surface area (Å²) in [6.45, 7) is 10.9. The van der Waals surface area contributed by atoms with Gasteiger partial charge in [0, 0.05) is 12.2 Å². The summed E-state index contributed by atoms with van der Waals surface area (Å²) in [5.74, 6) is 0.367. The minimum absolute atomic E-state index is 0.186. The lowest BCUT2D eigenvalue weighted by Gasteiger charge is -2.17. The molecule has 0 aromatic heterocycles. The van der Waals surface area contributed by atoms with E-state index in [2.05, 4.69) is 5.32 Å². The summed E-state index contributed by atoms with van der Waals surface area (Å²) in [5, 5.41) is 3.22. The lowest BCUT2D eigenvalue weighted by molar-refractivity contribution is -0.137. The molecule has 0 atom stereocenters. The molecule has 0 aliphatic carbocycles. The summed E-state index contributed by atoms with van der Waals surface area (Å²) < 4.78 is 5.50. The fourth-order valence-corrected chi connectivity index (χ4v) is 3.34. The Balaban J connectivity index is 2.03. The Labute approximate surface area is 172 Å². The van der Waals surface area contributed by atoms with E-state index in [1.54, 1.807) is 0 Å². The molecule has 2 aromatic carbocycles. The fraction of sp³-hybridized carbons (Fsp3) is 0.333. The van der Waals surface area contributed by atoms with Crippen LogP contribution >= 0.6 is 0 Å². The highest BCUT2D eigenvalue weighted by atomic mass is 16.5. The van der Waals surface area contributed by atoms with Crippen LogP contribution in [0.1, 0.15) is 37.5 Å². The maximum atomic E-state index is 13.2. The Hall–Kier alpha value is -3.08. The van der Waals surface area contributed by atoms with E-state index in [0.717, 1.165) is 17.0 Å². The van der Waals surface area contributed by atoms with Crippen LogP contribution in [0.4, 0.5) is 5.69 Å². The lowest BCUT2D eigenvalue weighted by Crippen LogP contribution is -2.35. The molecule has 0 saturated heterocycles. The van der Waals surface area contributed by atoms with Gasteiger partial charge in [0.1, 0.15) is 11.4 Å². The van der Waals surface area contributed by atoms with Crippen molar-refractivity contribution in [3.8, 4) is 5.75 Å². The van der Waals surface area contributed by atoms with Crippen LogP contribution in [0.3, 0.4) is 0 Å². The molecule has 1 aliphatic rings. The lowest BCUT2D eigenvalue weighted by atomic mass is 10.0. The van der Waals surface area contributed by atoms with E-state index >= 15 is 0 Å². The van der Waals surface area contributed by atoms with E-state index in [1.165, 1.54) is 10.5 Å². The number of benzene rings is 2. The van der Waals surface area contributed by atoms with Crippen LogP contribution in [0.15, 0.2) is 48.2 Å². The molecule has 5 heteroatoms. The van der Waals surface area contributed by atoms with Gasteiger partial charge in [-0.15, -0.1) is 0 Å². The Kier molecular flexibility index (Phi) is 6.06. The van der Waals surface area contributed by atoms with Gasteiger partial charge in [0.25, 0.3) is 11.8 Å². The number of rotatable bonds is 7. The molecule has 0 unspecified atom stereocenters. The van der Waals surface area contributed by atoms with Gasteiger partial charge in [0.05, 0.1) is 12.2 Å². The van der Waals surface area contributed by atoms with Crippen LogP contribution in [0, 0.1) is 19.8 Å². The summed E-state index contributed by atoms with van der Waals surface area (Å²) >= 11 is 0. The minimum Gasteiger partial charge on any atom is -0.494 e. The molecule has 0 saturated carbocycles. The van der Waals surface area contributed by atoms with Gasteiger partial charge in [-0.1, -0.05) is 32.0 Å². The molecule has 29 heavy (non-hydrogen) atoms. The largest absolute Gasteiger partial charge is 0.494 e. The average molecular weight is 392 g/mol. The smallest absolute Gasteiger partial charge is 0.278 e. The number of nitrogens with zero attached hydrogens (tertiary/aromatic N) is 1. The first-order valence-corrected chi connectivity index (χ1v) is 9.99. The molecule has 0 radical (unpaired) electrons. The van der Waals surface area contributed by atoms with Gasteiger partial charge in [0.2, 0.25) is 0 Å². The second kappa shape index (κ2) is 8.52. The third-order valence-corrected chi connectivity index (χ3v) is 4.95. The van der Waals surface area contributed by atoms with E-state index in [-0.39, 0.29) is 17.7 Å². The molecule has 3 rings (SSSR count). The Bertz CT molecular complexity index is 959. The predicted octanol–water partition coefficient (Wildman–Crippen LogP) is 4.55. The first-order valence-electron chi connectivity index (χ1n) is 9.99. The number of hydrogen-bond acceptors (Lipinski definition) is 4. The summed E-state index contributed by atoms with van der Waals surface area (Å²) in [6, 6.07) is 13.2. The predicted molar refractivity (Wildman–Crippen MR) is 116 cm³/mol. The molecular weight excluding hydrogens is 364 g/mol. The number of carbonyl (C=O) groups is 2. The second-order valence-corrected chi connectivity index (χ2v) is 7.75. The van der Waals surface area contributed by atoms with Crippen molar-refractivity contribution < 1.29 is 14.3 Å². The van der Waals surface area contributed by atoms with Crippen LogP contribution in [-0.2, 0) is 9.59 Å². The minimum atomic E-state index is -0.286. The topological polar surface area (TPSA) is 58.6 Å². The highest BCUT2D eigenvalue weighted by Crippen LogP contribution is 2.32. The molecule has 5 nitrogen and oxygen atoms in total. The van der Waals surface area contributed by atoms with E-state index in [9.17, 15) is 9.59 Å². The van der Waals surface area contributed by atoms with Crippen molar-refractivity contribution in [3.05, 3.63) is 64.9 Å². The van der Waals surface area contributed by atoms with Crippen molar-refractivity contribution in [2.45, 2.75) is 34.6 Å². The monoisotopic (exact) mass is 392 g/mol. The van der Waals surface area contributed by atoms with E-state index in [0.29, 0.717) is 30.0 Å². The van der Waals surface area contributed by atoms with Crippen LogP contribution in [0.2, 0.25) is 0 Å². The molecule has 1 N–H and O–H groups in total. The van der Waals surface area contributed by atoms with Crippen molar-refractivity contribution in [2.75, 3.05) is 18.5 Å². The molecule has 152 valence electrons. The van der Waals surface area contributed by atoms with Crippen molar-refractivity contribution in [1.82, 2.24) is 4.90 Å². The molecule has 1 aliphatic heterocycles. The number of imide groups is 1. The van der Waals surface area contributed by atoms with Crippen molar-refractivity contribution in [3.63, 3.8) is 0 Å². The number of aryl methyl sites for hydroxylation is 2. The molecule has 2 aromatic rings. The zero-order chi connectivity index (χ0) is 21.1. The Morgan fingerprint density at radius 3 is 2.24 bits per heavy atom. The Morgan fingerprint density at radius 2 is 1.66 bits per heavy atom. The van der Waals surface area contributed by atoms with Gasteiger partial charge in [-0.2, -0.15) is 0 Å². The van der Waals surface area contributed by atoms with Gasteiger partial charge in [-0.25, -0.2) is 0 Å². The standard InChI is InChI=1S/C24H28N2O3/c1-6-29-20-11-8-18(9-12-20)21-22(24(28)26(23(21)27)14-15(2)3)25-19-10-7-16(4)17(5)13-19/h7-13,15,25H,6,14H2,1-5H3. The molecule has 2 amide bonds. The number of amides is 2. The summed E-state index contributed by atoms with van der Waals surface area (Å²) in [7, 11) is 0. The molecule has 0 fully saturated rings. The maximum absolute atomic E-state index is 13.2. The number of carbonyl (C=O) groups excluding carboxylic acids is 2. The van der Waals surface area contributed by atoms with Crippen molar-refractivity contribution in [1.29, 1.82) is 0 Å². The summed E-state index contributed by atoms with van der Waals surface area (Å²) in [4.78, 5) is 27.6. The van der Waals surface area contributed by atoms with Crippen LogP contribution in [0.25, 0.3) is 5.57 Å². The van der Waals surface area contributed by atoms with E-state index in [4.69, 9.17) is 4.74 Å². The average Bonchev–Trinajstić information content (AvgIpc) is 2.90. The number of hydrogen-bond donors (Lipinski definition) is 1. The van der Waals surface area contributed by atoms with Crippen LogP contribution < -0.4 is 10.1 Å². The normalized spacial score (nSPS) is 14.2. The number of anilines is 1. The molecular formula is C24H28N2O3. The van der Waals surface area contributed by atoms with Gasteiger partial charge in [-0.3, -0.25) is 14.5 Å². The third-order valence-electron chi connectivity index (χ3n) is 4.95. The highest BCUT2D eigenvalue weighted by molar-refractivity contribution is 6.36. The molecule has 1 heterocycles. The zero-order valence-electron chi connectivity index (χ0n) is 17.7. The number of nitrogens with one attached hydrogen (secondary N) is 1. The van der Waals surface area contributed by atoms with Crippen molar-refractivity contribution in [2.24, 2.45) is 5.92 Å². The number of ether oxygens (including phenoxy) is 1. The fourth-order valence-electron chi connectivity index (χ4n) is 3.34. The van der Waals surface area contributed by atoms with E-state index < -0.39 is 0 Å². The van der Waals surface area contributed by atoms with Gasteiger partial charge in [-0.05, 0) is 67.6 Å². The van der Waals surface area contributed by atoms with Gasteiger partial charge >= 0.3 is 0 Å². The molecule has 0 spiro atoms.